The summed E-state index contributed by atoms with van der Waals surface area (Å²) in [5, 5.41) is 0.0546. The van der Waals surface area contributed by atoms with Gasteiger partial charge in [0.15, 0.2) is 15.4 Å². The molecule has 2 aromatic heterocycles. The zero-order valence-electron chi connectivity index (χ0n) is 23.0. The van der Waals surface area contributed by atoms with Crippen LogP contribution in [0.4, 0.5) is 0 Å². The summed E-state index contributed by atoms with van der Waals surface area (Å²) >= 11 is 6.86. The number of carbonyl (C=O) groups excluding carboxylic acids is 2. The average Bonchev–Trinajstić information content (AvgIpc) is 3.33. The second-order valence-electron chi connectivity index (χ2n) is 10.3. The minimum Gasteiger partial charge on any atom is -0.462 e. The van der Waals surface area contributed by atoms with Gasteiger partial charge in [-0.1, -0.05) is 69.3 Å². The predicted molar refractivity (Wildman–Crippen MR) is 164 cm³/mol. The minimum absolute atomic E-state index is 0.00324. The molecule has 0 unspecified atom stereocenters. The molecule has 0 saturated heterocycles. The van der Waals surface area contributed by atoms with Crippen LogP contribution in [0.3, 0.4) is 0 Å². The number of rotatable bonds is 6. The summed E-state index contributed by atoms with van der Waals surface area (Å²) in [5.41, 5.74) is 1.94. The fraction of sp³-hybridized carbons (Fsp3) is 0.188. The first-order valence-corrected chi connectivity index (χ1v) is 14.3. The maximum Gasteiger partial charge on any atom is 0.352 e. The molecular formula is C32H28N2O5S2. The highest BCUT2D eigenvalue weighted by molar-refractivity contribution is 7.71. The quantitative estimate of drug-likeness (QED) is 0.154. The number of hydrogen-bond donors (Lipinski definition) is 0. The fourth-order valence-corrected chi connectivity index (χ4v) is 6.01. The van der Waals surface area contributed by atoms with Crippen molar-refractivity contribution in [3.63, 3.8) is 0 Å². The zero-order valence-corrected chi connectivity index (χ0v) is 24.7. The van der Waals surface area contributed by atoms with Gasteiger partial charge in [0.2, 0.25) is 0 Å². The molecule has 5 rings (SSSR count). The number of aromatic nitrogens is 2. The summed E-state index contributed by atoms with van der Waals surface area (Å²) in [4.78, 5) is 41.1. The van der Waals surface area contributed by atoms with E-state index in [0.717, 1.165) is 16.9 Å². The van der Waals surface area contributed by atoms with E-state index >= 15 is 0 Å². The normalized spacial score (nSPS) is 11.4. The number of hydrogen-bond acceptors (Lipinski definition) is 7. The Morgan fingerprint density at radius 2 is 1.39 bits per heavy atom. The first-order chi connectivity index (χ1) is 19.6. The third-order valence-corrected chi connectivity index (χ3v) is 8.02. The van der Waals surface area contributed by atoms with Crippen molar-refractivity contribution in [2.75, 3.05) is 6.61 Å². The molecule has 9 heteroatoms. The van der Waals surface area contributed by atoms with Crippen molar-refractivity contribution in [3.05, 3.63) is 116 Å². The largest absolute Gasteiger partial charge is 0.462 e. The molecule has 0 fully saturated rings. The monoisotopic (exact) mass is 584 g/mol. The molecule has 0 aliphatic carbocycles. The Labute approximate surface area is 246 Å². The third kappa shape index (κ3) is 5.38. The van der Waals surface area contributed by atoms with E-state index < -0.39 is 17.5 Å². The van der Waals surface area contributed by atoms with E-state index in [1.54, 1.807) is 47.9 Å². The lowest BCUT2D eigenvalue weighted by atomic mass is 9.87. The summed E-state index contributed by atoms with van der Waals surface area (Å²) in [6.45, 7) is 8.03. The molecule has 208 valence electrons. The van der Waals surface area contributed by atoms with Crippen LogP contribution >= 0.6 is 23.6 Å². The Balaban J connectivity index is 1.79. The number of esters is 2. The van der Waals surface area contributed by atoms with Gasteiger partial charge in [-0.2, -0.15) is 0 Å². The van der Waals surface area contributed by atoms with E-state index in [9.17, 15) is 14.4 Å². The molecule has 41 heavy (non-hydrogen) atoms. The molecule has 0 atom stereocenters. The number of benzene rings is 3. The first-order valence-electron chi connectivity index (χ1n) is 13.1. The van der Waals surface area contributed by atoms with Crippen LogP contribution in [0.15, 0.2) is 89.7 Å². The maximum absolute atomic E-state index is 14.2. The Hall–Kier alpha value is -4.34. The van der Waals surface area contributed by atoms with Crippen molar-refractivity contribution in [2.24, 2.45) is 0 Å². The van der Waals surface area contributed by atoms with E-state index in [2.05, 4.69) is 20.8 Å². The van der Waals surface area contributed by atoms with Crippen LogP contribution in [0.5, 0.6) is 5.75 Å². The van der Waals surface area contributed by atoms with Crippen molar-refractivity contribution < 1.29 is 19.1 Å². The zero-order chi connectivity index (χ0) is 29.3. The molecule has 3 aromatic carbocycles. The lowest BCUT2D eigenvalue weighted by Crippen LogP contribution is -2.24. The van der Waals surface area contributed by atoms with Crippen LogP contribution in [-0.4, -0.2) is 27.7 Å². The van der Waals surface area contributed by atoms with Gasteiger partial charge in [-0.3, -0.25) is 13.9 Å². The van der Waals surface area contributed by atoms with Gasteiger partial charge in [-0.25, -0.2) is 9.59 Å². The molecule has 0 amide bonds. The molecule has 0 bridgehead atoms. The van der Waals surface area contributed by atoms with Gasteiger partial charge in [0.25, 0.3) is 5.56 Å². The molecule has 0 aliphatic rings. The fourth-order valence-electron chi connectivity index (χ4n) is 4.43. The number of fused-ring (bicyclic) bond motifs is 1. The van der Waals surface area contributed by atoms with Crippen molar-refractivity contribution in [1.29, 1.82) is 0 Å². The lowest BCUT2D eigenvalue weighted by molar-refractivity contribution is 0.0527. The van der Waals surface area contributed by atoms with Crippen LogP contribution in [-0.2, 0) is 10.2 Å². The molecule has 7 nitrogen and oxygen atoms in total. The van der Waals surface area contributed by atoms with Crippen molar-refractivity contribution >= 4 is 45.7 Å². The van der Waals surface area contributed by atoms with E-state index in [0.29, 0.717) is 16.2 Å². The van der Waals surface area contributed by atoms with Crippen LogP contribution in [0, 0.1) is 4.77 Å². The van der Waals surface area contributed by atoms with E-state index in [1.165, 1.54) is 4.57 Å². The van der Waals surface area contributed by atoms with Crippen molar-refractivity contribution in [2.45, 2.75) is 33.1 Å². The standard InChI is InChI=1S/C32H28N2O5S2/c1-5-38-30(37)26-25(39-29(36)20-16-18-21(19-17-20)32(2,3)4)24-27(35)33(22-12-8-6-9-13-22)31(40)34(28(24)41-26)23-14-10-7-11-15-23/h6-19H,5H2,1-4H3. The highest BCUT2D eigenvalue weighted by Crippen LogP contribution is 2.38. The van der Waals surface area contributed by atoms with Gasteiger partial charge in [-0.15, -0.1) is 11.3 Å². The van der Waals surface area contributed by atoms with Crippen LogP contribution in [0.1, 0.15) is 53.3 Å². The summed E-state index contributed by atoms with van der Waals surface area (Å²) in [6.07, 6.45) is 0. The van der Waals surface area contributed by atoms with Crippen molar-refractivity contribution in [3.8, 4) is 17.1 Å². The first kappa shape index (κ1) is 28.2. The highest BCUT2D eigenvalue weighted by atomic mass is 32.1. The summed E-state index contributed by atoms with van der Waals surface area (Å²) in [7, 11) is 0. The molecule has 0 radical (unpaired) electrons. The van der Waals surface area contributed by atoms with Crippen LogP contribution in [0.25, 0.3) is 21.6 Å². The van der Waals surface area contributed by atoms with E-state index in [-0.39, 0.29) is 38.4 Å². The van der Waals surface area contributed by atoms with Gasteiger partial charge in [0.1, 0.15) is 10.2 Å². The summed E-state index contributed by atoms with van der Waals surface area (Å²) in [6, 6.07) is 25.3. The number of carbonyl (C=O) groups is 2. The SMILES string of the molecule is CCOC(=O)c1sc2c(c1OC(=O)c1ccc(C(C)(C)C)cc1)c(=O)n(-c1ccccc1)c(=S)n2-c1ccccc1. The summed E-state index contributed by atoms with van der Waals surface area (Å²) in [5.74, 6) is -1.55. The average molecular weight is 585 g/mol. The highest BCUT2D eigenvalue weighted by Gasteiger charge is 2.29. The topological polar surface area (TPSA) is 79.5 Å². The smallest absolute Gasteiger partial charge is 0.352 e. The molecular weight excluding hydrogens is 556 g/mol. The third-order valence-electron chi connectivity index (χ3n) is 6.52. The van der Waals surface area contributed by atoms with Crippen molar-refractivity contribution in [1.82, 2.24) is 9.13 Å². The Morgan fingerprint density at radius 3 is 1.93 bits per heavy atom. The lowest BCUT2D eigenvalue weighted by Gasteiger charge is -2.19. The van der Waals surface area contributed by atoms with E-state index in [4.69, 9.17) is 21.7 Å². The Morgan fingerprint density at radius 1 is 0.829 bits per heavy atom. The predicted octanol–water partition coefficient (Wildman–Crippen LogP) is 7.27. The second-order valence-corrected chi connectivity index (χ2v) is 11.7. The molecule has 0 N–H and O–H groups in total. The Kier molecular flexibility index (Phi) is 7.75. The van der Waals surface area contributed by atoms with E-state index in [1.807, 2.05) is 48.5 Å². The van der Waals surface area contributed by atoms with Crippen LogP contribution < -0.4 is 10.3 Å². The van der Waals surface area contributed by atoms with Gasteiger partial charge < -0.3 is 9.47 Å². The van der Waals surface area contributed by atoms with Crippen LogP contribution in [0.2, 0.25) is 0 Å². The van der Waals surface area contributed by atoms with Gasteiger partial charge in [-0.05, 0) is 66.5 Å². The summed E-state index contributed by atoms with van der Waals surface area (Å²) < 4.78 is 14.5. The second kappa shape index (κ2) is 11.3. The molecule has 2 heterocycles. The number of thiophene rings is 1. The maximum atomic E-state index is 14.2. The number of ether oxygens (including phenoxy) is 2. The molecule has 0 aliphatic heterocycles. The van der Waals surface area contributed by atoms with Gasteiger partial charge in [0, 0.05) is 5.69 Å². The molecule has 0 saturated carbocycles. The molecule has 0 spiro atoms. The minimum atomic E-state index is -0.699. The molecule has 5 aromatic rings. The van der Waals surface area contributed by atoms with Gasteiger partial charge in [0.05, 0.1) is 17.9 Å². The Bertz CT molecular complexity index is 1860. The number of nitrogens with zero attached hydrogens (tertiary/aromatic N) is 2. The van der Waals surface area contributed by atoms with Gasteiger partial charge >= 0.3 is 11.9 Å². The number of para-hydroxylation sites is 2.